The van der Waals surface area contributed by atoms with E-state index in [9.17, 15) is 42.7 Å². The molecule has 0 amide bonds. The number of hydrogen-bond acceptors (Lipinski definition) is 19. The summed E-state index contributed by atoms with van der Waals surface area (Å²) in [4.78, 5) is 99.5. The van der Waals surface area contributed by atoms with Crippen LogP contribution in [0.1, 0.15) is 356 Å². The Morgan fingerprint density at radius 3 is 0.637 bits per heavy atom. The molecule has 8 aliphatic rings. The monoisotopic (exact) mass is 2000 g/mol. The number of ether oxygens (including phenoxy) is 9. The van der Waals surface area contributed by atoms with Crippen LogP contribution >= 0.6 is 0 Å². The Labute approximate surface area is 870 Å². The molecule has 8 aromatic rings. The lowest BCUT2D eigenvalue weighted by atomic mass is 9.63. The molecule has 8 aromatic carbocycles. The van der Waals surface area contributed by atoms with Crippen molar-refractivity contribution in [1.82, 2.24) is 0 Å². The van der Waals surface area contributed by atoms with E-state index in [2.05, 4.69) is 212 Å². The summed E-state index contributed by atoms with van der Waals surface area (Å²) in [6.07, 6.45) is 12.7. The average Bonchev–Trinajstić information content (AvgIpc) is 1.67. The van der Waals surface area contributed by atoms with Gasteiger partial charge in [0.05, 0.1) is 14.3 Å². The number of carbonyl (C=O) groups is 8. The minimum Gasteiger partial charge on any atom is -0.469 e. The highest BCUT2D eigenvalue weighted by molar-refractivity contribution is 5.90. The standard InChI is InChI=1S/C19H24O2.6C15H18O2.C7H8.C3H6O2.C2H6O.C2H6.CH3F.CH3NO2/c1-14(2)18(20)21-17-13-19(10-6-3-7-11-19)12-15-8-4-5-9-16(15)17;6*1-10(2)14(16)17-13-9-15(3,4)12-8-6-5-7-11(12)13;1-7-5-3-2-4-6-7;1-3(4)5-2;1-3-2;2*1-2;1-2(3)4/h4-5,8-9,17H,1,3,6-7,10-13H2,2H3;6*5-8,13H,1,9H2,2-4H3;2-6H,1H3;1-2H3;1-2H3;1-2H3;1H3;1H3. The first-order chi connectivity index (χ1) is 68.4. The number of alkyl halides is 1. The summed E-state index contributed by atoms with van der Waals surface area (Å²) in [6, 6.07) is 67.8. The van der Waals surface area contributed by atoms with Crippen LogP contribution in [-0.2, 0) is 120 Å². The Morgan fingerprint density at radius 2 is 0.466 bits per heavy atom. The van der Waals surface area contributed by atoms with Gasteiger partial charge in [-0.2, -0.15) is 0 Å². The Bertz CT molecular complexity index is 5120. The second-order valence-electron chi connectivity index (χ2n) is 42.1. The zero-order chi connectivity index (χ0) is 110. The van der Waals surface area contributed by atoms with Gasteiger partial charge >= 0.3 is 47.8 Å². The molecule has 0 saturated heterocycles. The van der Waals surface area contributed by atoms with Crippen LogP contribution in [0.3, 0.4) is 0 Å². The van der Waals surface area contributed by atoms with Gasteiger partial charge in [0.15, 0.2) is 7.05 Å². The van der Waals surface area contributed by atoms with Crippen LogP contribution in [0.2, 0.25) is 0 Å². The van der Waals surface area contributed by atoms with Crippen molar-refractivity contribution in [2.45, 2.75) is 318 Å². The highest BCUT2D eigenvalue weighted by Crippen LogP contribution is 2.54. The maximum absolute atomic E-state index is 12.0. The van der Waals surface area contributed by atoms with Gasteiger partial charge in [-0.15, -0.1) is 0 Å². The highest BCUT2D eigenvalue weighted by Gasteiger charge is 2.46. The molecule has 1 fully saturated rings. The third-order valence-electron chi connectivity index (χ3n) is 26.3. The number of benzene rings is 8. The van der Waals surface area contributed by atoms with E-state index in [1.807, 2.05) is 147 Å². The first-order valence-corrected chi connectivity index (χ1v) is 50.0. The zero-order valence-electron chi connectivity index (χ0n) is 92.3. The molecule has 790 valence electrons. The lowest BCUT2D eigenvalue weighted by molar-refractivity contribution is -0.445. The SMILES string of the molecule is C=C(C)C(=O)OC1CC(C)(C)c2ccccc21.C=C(C)C(=O)OC1CC(C)(C)c2ccccc21.C=C(C)C(=O)OC1CC(C)(C)c2ccccc21.C=C(C)C(=O)OC1CC(C)(C)c2ccccc21.C=C(C)C(=O)OC1CC(C)(C)c2ccccc21.C=C(C)C(=O)OC1CC(C)(C)c2ccccc21.C=C(C)C(=O)OC1CC2(CCCCC2)Cc2ccccc21.CC.CF.COC.COC(C)=O.C[N+](=O)[O-].Cc1ccccc1. The highest BCUT2D eigenvalue weighted by atomic mass is 19.1. The number of carbonyl (C=O) groups excluding carboxylic acids is 8. The molecule has 1 spiro atoms. The van der Waals surface area contributed by atoms with Gasteiger partial charge in [-0.3, -0.25) is 19.3 Å². The second-order valence-corrected chi connectivity index (χ2v) is 42.1. The van der Waals surface area contributed by atoms with E-state index in [1.54, 1.807) is 62.7 Å². The number of nitro groups is 1. The first-order valence-electron chi connectivity index (χ1n) is 50.0. The van der Waals surface area contributed by atoms with Crippen LogP contribution < -0.4 is 0 Å². The lowest BCUT2D eigenvalue weighted by Crippen LogP contribution is -2.34. The summed E-state index contributed by atoms with van der Waals surface area (Å²) in [7, 11) is 5.99. The number of nitrogens with zero attached hydrogens (tertiary/aromatic N) is 1. The molecule has 20 nitrogen and oxygen atoms in total. The predicted molar refractivity (Wildman–Crippen MR) is 583 cm³/mol. The summed E-state index contributed by atoms with van der Waals surface area (Å²) in [5.74, 6) is -2.33. The topological polar surface area (TPSA) is 263 Å². The third kappa shape index (κ3) is 37.2. The molecule has 0 N–H and O–H groups in total. The summed E-state index contributed by atoms with van der Waals surface area (Å²) in [6.45, 7) is 70.8. The molecule has 0 aromatic heterocycles. The summed E-state index contributed by atoms with van der Waals surface area (Å²) in [5, 5.41) is 8.81. The summed E-state index contributed by atoms with van der Waals surface area (Å²) in [5.41, 5.74) is 22.3. The molecule has 7 atom stereocenters. The first kappa shape index (κ1) is 125. The van der Waals surface area contributed by atoms with Gasteiger partial charge in [-0.25, -0.2) is 33.6 Å². The number of hydrogen-bond donors (Lipinski definition) is 0. The lowest BCUT2D eigenvalue weighted by Gasteiger charge is -2.44. The number of rotatable bonds is 14. The second kappa shape index (κ2) is 57.8. The van der Waals surface area contributed by atoms with Crippen molar-refractivity contribution in [3.05, 3.63) is 379 Å². The molecular weight excluding hydrogens is 1840 g/mol. The fourth-order valence-electron chi connectivity index (χ4n) is 19.0. The van der Waals surface area contributed by atoms with E-state index in [4.69, 9.17) is 43.3 Å². The van der Waals surface area contributed by atoms with Crippen molar-refractivity contribution < 1.29 is 90.3 Å². The van der Waals surface area contributed by atoms with E-state index in [1.165, 1.54) is 96.2 Å². The Hall–Kier alpha value is -13.0. The van der Waals surface area contributed by atoms with Gasteiger partial charge in [0, 0.05) is 65.1 Å². The molecule has 0 bridgehead atoms. The van der Waals surface area contributed by atoms with Crippen LogP contribution in [0.4, 0.5) is 4.39 Å². The van der Waals surface area contributed by atoms with E-state index >= 15 is 0 Å². The number of methoxy groups -OCH3 is 2. The van der Waals surface area contributed by atoms with Crippen molar-refractivity contribution in [2.24, 2.45) is 5.41 Å². The number of halogens is 1. The Morgan fingerprint density at radius 1 is 0.301 bits per heavy atom. The quantitative estimate of drug-likeness (QED) is 0.0322. The third-order valence-corrected chi connectivity index (χ3v) is 26.3. The van der Waals surface area contributed by atoms with E-state index < -0.39 is 4.92 Å². The van der Waals surface area contributed by atoms with Gasteiger partial charge in [0.1, 0.15) is 42.7 Å². The number of aryl methyl sites for hydroxylation is 1. The van der Waals surface area contributed by atoms with E-state index in [0.29, 0.717) is 51.6 Å². The van der Waals surface area contributed by atoms with Gasteiger partial charge in [-0.05, 0) is 235 Å². The predicted octanol–water partition coefficient (Wildman–Crippen LogP) is 29.9. The Balaban J connectivity index is 0.000000342. The van der Waals surface area contributed by atoms with Crippen LogP contribution in [-0.4, -0.2) is 88.2 Å². The largest absolute Gasteiger partial charge is 0.469 e. The van der Waals surface area contributed by atoms with Crippen molar-refractivity contribution in [3.63, 3.8) is 0 Å². The summed E-state index contributed by atoms with van der Waals surface area (Å²) < 4.78 is 56.6. The minimum absolute atomic E-state index is 0.0661. The van der Waals surface area contributed by atoms with Gasteiger partial charge in [0.25, 0.3) is 0 Å². The summed E-state index contributed by atoms with van der Waals surface area (Å²) >= 11 is 0. The van der Waals surface area contributed by atoms with Crippen molar-refractivity contribution >= 4 is 47.8 Å². The maximum atomic E-state index is 12.0. The zero-order valence-corrected chi connectivity index (χ0v) is 92.3. The normalized spacial score (nSPS) is 18.9. The van der Waals surface area contributed by atoms with Gasteiger partial charge in [0.2, 0.25) is 0 Å². The molecular formula is C125H164FNO19. The molecule has 16 rings (SSSR count). The maximum Gasteiger partial charge on any atom is 0.333 e. The minimum atomic E-state index is -0.500. The van der Waals surface area contributed by atoms with Gasteiger partial charge in [-0.1, -0.05) is 368 Å². The molecule has 21 heteroatoms. The fraction of sp³-hybridized carbons (Fsp3) is 0.440. The molecule has 0 radical (unpaired) electrons. The number of esters is 8. The molecule has 0 aliphatic heterocycles. The van der Waals surface area contributed by atoms with Crippen LogP contribution in [0.5, 0.6) is 0 Å². The van der Waals surface area contributed by atoms with E-state index in [0.717, 1.165) is 91.8 Å². The fourth-order valence-corrected chi connectivity index (χ4v) is 19.0. The average molecular weight is 2000 g/mol. The van der Waals surface area contributed by atoms with Crippen molar-refractivity contribution in [2.75, 3.05) is 35.6 Å². The molecule has 8 aliphatic carbocycles. The molecule has 0 heterocycles. The molecule has 7 unspecified atom stereocenters. The van der Waals surface area contributed by atoms with Crippen LogP contribution in [0.15, 0.2) is 285 Å². The van der Waals surface area contributed by atoms with Crippen LogP contribution in [0, 0.1) is 22.5 Å². The molecule has 1 saturated carbocycles. The van der Waals surface area contributed by atoms with E-state index in [-0.39, 0.29) is 123 Å². The van der Waals surface area contributed by atoms with Gasteiger partial charge < -0.3 is 42.6 Å². The number of fused-ring (bicyclic) bond motifs is 7. The Kier molecular flexibility index (Phi) is 49.6. The van der Waals surface area contributed by atoms with Crippen molar-refractivity contribution in [1.29, 1.82) is 0 Å². The smallest absolute Gasteiger partial charge is 0.333 e. The molecule has 146 heavy (non-hydrogen) atoms. The van der Waals surface area contributed by atoms with Crippen LogP contribution in [0.25, 0.3) is 0 Å². The van der Waals surface area contributed by atoms with Crippen molar-refractivity contribution in [3.8, 4) is 0 Å².